The van der Waals surface area contributed by atoms with Crippen molar-refractivity contribution in [2.45, 2.75) is 19.9 Å². The van der Waals surface area contributed by atoms with Crippen LogP contribution in [0, 0.1) is 5.41 Å². The number of nitrogens with zero attached hydrogens (tertiary/aromatic N) is 3. The molecule has 88 valence electrons. The zero-order chi connectivity index (χ0) is 11.8. The lowest BCUT2D eigenvalue weighted by Gasteiger charge is -2.19. The SMILES string of the molecule is Cn1nccc1CN1CCC(C)(C(=O)O)C1. The fraction of sp³-hybridized carbons (Fsp3) is 0.636. The van der Waals surface area contributed by atoms with E-state index < -0.39 is 11.4 Å². The molecule has 2 rings (SSSR count). The van der Waals surface area contributed by atoms with Crippen LogP contribution >= 0.6 is 0 Å². The minimum absolute atomic E-state index is 0.585. The highest BCUT2D eigenvalue weighted by Gasteiger charge is 2.40. The van der Waals surface area contributed by atoms with Gasteiger partial charge in [0.1, 0.15) is 0 Å². The van der Waals surface area contributed by atoms with Crippen molar-refractivity contribution < 1.29 is 9.90 Å². The smallest absolute Gasteiger partial charge is 0.310 e. The van der Waals surface area contributed by atoms with Crippen LogP contribution in [0.15, 0.2) is 12.3 Å². The van der Waals surface area contributed by atoms with E-state index in [9.17, 15) is 4.79 Å². The first kappa shape index (κ1) is 11.1. The van der Waals surface area contributed by atoms with E-state index in [0.717, 1.165) is 25.2 Å². The predicted octanol–water partition coefficient (Wildman–Crippen LogP) is 0.717. The van der Waals surface area contributed by atoms with Crippen molar-refractivity contribution in [1.29, 1.82) is 0 Å². The average Bonchev–Trinajstić information content (AvgIpc) is 2.77. The average molecular weight is 223 g/mol. The van der Waals surface area contributed by atoms with Gasteiger partial charge in [-0.25, -0.2) is 0 Å². The Morgan fingerprint density at radius 1 is 1.69 bits per heavy atom. The van der Waals surface area contributed by atoms with Gasteiger partial charge < -0.3 is 5.11 Å². The Kier molecular flexibility index (Phi) is 2.71. The summed E-state index contributed by atoms with van der Waals surface area (Å²) in [6.45, 7) is 4.06. The lowest BCUT2D eigenvalue weighted by molar-refractivity contribution is -0.147. The lowest BCUT2D eigenvalue weighted by Crippen LogP contribution is -2.31. The van der Waals surface area contributed by atoms with Crippen LogP contribution in [-0.2, 0) is 18.4 Å². The molecular weight excluding hydrogens is 206 g/mol. The molecule has 1 fully saturated rings. The van der Waals surface area contributed by atoms with Gasteiger partial charge in [0.05, 0.1) is 11.1 Å². The molecule has 1 N–H and O–H groups in total. The number of aliphatic carboxylic acids is 1. The molecule has 0 bridgehead atoms. The molecule has 0 aromatic carbocycles. The minimum Gasteiger partial charge on any atom is -0.481 e. The Morgan fingerprint density at radius 3 is 2.94 bits per heavy atom. The van der Waals surface area contributed by atoms with Crippen molar-refractivity contribution >= 4 is 5.97 Å². The fourth-order valence-corrected chi connectivity index (χ4v) is 2.15. The Morgan fingerprint density at radius 2 is 2.44 bits per heavy atom. The molecule has 0 amide bonds. The number of aryl methyl sites for hydroxylation is 1. The quantitative estimate of drug-likeness (QED) is 0.820. The Balaban J connectivity index is 2.00. The maximum Gasteiger partial charge on any atom is 0.310 e. The maximum absolute atomic E-state index is 11.1. The molecular formula is C11H17N3O2. The van der Waals surface area contributed by atoms with Gasteiger partial charge in [-0.05, 0) is 26.0 Å². The van der Waals surface area contributed by atoms with Gasteiger partial charge in [-0.3, -0.25) is 14.4 Å². The zero-order valence-corrected chi connectivity index (χ0v) is 9.68. The number of likely N-dealkylation sites (tertiary alicyclic amines) is 1. The first-order valence-corrected chi connectivity index (χ1v) is 5.44. The van der Waals surface area contributed by atoms with Crippen LogP contribution in [0.25, 0.3) is 0 Å². The van der Waals surface area contributed by atoms with Crippen molar-refractivity contribution in [3.63, 3.8) is 0 Å². The van der Waals surface area contributed by atoms with E-state index in [2.05, 4.69) is 10.00 Å². The van der Waals surface area contributed by atoms with Crippen molar-refractivity contribution in [1.82, 2.24) is 14.7 Å². The summed E-state index contributed by atoms with van der Waals surface area (Å²) in [7, 11) is 1.90. The first-order valence-electron chi connectivity index (χ1n) is 5.44. The zero-order valence-electron chi connectivity index (χ0n) is 9.68. The number of hydrogen-bond acceptors (Lipinski definition) is 3. The number of carboxylic acids is 1. The molecule has 0 saturated carbocycles. The van der Waals surface area contributed by atoms with E-state index in [-0.39, 0.29) is 0 Å². The summed E-state index contributed by atoms with van der Waals surface area (Å²) in [5, 5.41) is 13.2. The summed E-state index contributed by atoms with van der Waals surface area (Å²) in [6.07, 6.45) is 2.49. The van der Waals surface area contributed by atoms with E-state index in [1.165, 1.54) is 0 Å². The van der Waals surface area contributed by atoms with Gasteiger partial charge in [-0.2, -0.15) is 5.10 Å². The van der Waals surface area contributed by atoms with Gasteiger partial charge in [0.25, 0.3) is 0 Å². The van der Waals surface area contributed by atoms with Crippen LogP contribution < -0.4 is 0 Å². The number of carbonyl (C=O) groups is 1. The molecule has 1 aliphatic rings. The van der Waals surface area contributed by atoms with E-state index in [4.69, 9.17) is 5.11 Å². The monoisotopic (exact) mass is 223 g/mol. The van der Waals surface area contributed by atoms with Gasteiger partial charge in [-0.15, -0.1) is 0 Å². The van der Waals surface area contributed by atoms with Crippen molar-refractivity contribution in [2.75, 3.05) is 13.1 Å². The molecule has 1 aliphatic heterocycles. The highest BCUT2D eigenvalue weighted by molar-refractivity contribution is 5.74. The molecule has 16 heavy (non-hydrogen) atoms. The number of rotatable bonds is 3. The van der Waals surface area contributed by atoms with Crippen molar-refractivity contribution in [3.8, 4) is 0 Å². The summed E-state index contributed by atoms with van der Waals surface area (Å²) < 4.78 is 1.83. The minimum atomic E-state index is -0.694. The number of carboxylic acid groups (broad SMARTS) is 1. The molecule has 2 heterocycles. The Labute approximate surface area is 94.7 Å². The van der Waals surface area contributed by atoms with Crippen LogP contribution in [0.1, 0.15) is 19.0 Å². The van der Waals surface area contributed by atoms with Gasteiger partial charge in [0.15, 0.2) is 0 Å². The second-order valence-corrected chi connectivity index (χ2v) is 4.77. The van der Waals surface area contributed by atoms with E-state index >= 15 is 0 Å². The first-order chi connectivity index (χ1) is 7.51. The highest BCUT2D eigenvalue weighted by Crippen LogP contribution is 2.30. The molecule has 0 radical (unpaired) electrons. The molecule has 5 nitrogen and oxygen atoms in total. The molecule has 0 spiro atoms. The molecule has 1 aromatic rings. The van der Waals surface area contributed by atoms with Crippen LogP contribution in [0.3, 0.4) is 0 Å². The van der Waals surface area contributed by atoms with Gasteiger partial charge >= 0.3 is 5.97 Å². The van der Waals surface area contributed by atoms with Gasteiger partial charge in [-0.1, -0.05) is 0 Å². The third-order valence-electron chi connectivity index (χ3n) is 3.38. The van der Waals surface area contributed by atoms with Crippen molar-refractivity contribution in [3.05, 3.63) is 18.0 Å². The lowest BCUT2D eigenvalue weighted by atomic mass is 9.90. The third-order valence-corrected chi connectivity index (χ3v) is 3.38. The fourth-order valence-electron chi connectivity index (χ4n) is 2.15. The van der Waals surface area contributed by atoms with E-state index in [1.54, 1.807) is 6.20 Å². The van der Waals surface area contributed by atoms with Crippen LogP contribution in [0.5, 0.6) is 0 Å². The summed E-state index contributed by atoms with van der Waals surface area (Å²) in [6, 6.07) is 1.97. The topological polar surface area (TPSA) is 58.4 Å². The predicted molar refractivity (Wildman–Crippen MR) is 58.8 cm³/mol. The highest BCUT2D eigenvalue weighted by atomic mass is 16.4. The summed E-state index contributed by atoms with van der Waals surface area (Å²) in [5.41, 5.74) is 0.535. The second kappa shape index (κ2) is 3.90. The van der Waals surface area contributed by atoms with E-state index in [1.807, 2.05) is 24.7 Å². The number of hydrogen-bond donors (Lipinski definition) is 1. The van der Waals surface area contributed by atoms with Crippen molar-refractivity contribution in [2.24, 2.45) is 12.5 Å². The third kappa shape index (κ3) is 1.95. The molecule has 1 unspecified atom stereocenters. The molecule has 5 heteroatoms. The largest absolute Gasteiger partial charge is 0.481 e. The summed E-state index contributed by atoms with van der Waals surface area (Å²) >= 11 is 0. The van der Waals surface area contributed by atoms with Crippen LogP contribution in [0.4, 0.5) is 0 Å². The Hall–Kier alpha value is -1.36. The number of aromatic nitrogens is 2. The Bertz CT molecular complexity index is 402. The molecule has 1 aromatic heterocycles. The van der Waals surface area contributed by atoms with Gasteiger partial charge in [0, 0.05) is 26.3 Å². The normalized spacial score (nSPS) is 26.1. The van der Waals surface area contributed by atoms with Crippen LogP contribution in [-0.4, -0.2) is 38.8 Å². The van der Waals surface area contributed by atoms with Gasteiger partial charge in [0.2, 0.25) is 0 Å². The van der Waals surface area contributed by atoms with E-state index in [0.29, 0.717) is 6.54 Å². The molecule has 0 aliphatic carbocycles. The second-order valence-electron chi connectivity index (χ2n) is 4.77. The molecule has 1 atom stereocenters. The summed E-state index contributed by atoms with van der Waals surface area (Å²) in [4.78, 5) is 13.3. The summed E-state index contributed by atoms with van der Waals surface area (Å²) in [5.74, 6) is -0.694. The maximum atomic E-state index is 11.1. The molecule has 1 saturated heterocycles. The standard InChI is InChI=1S/C11H17N3O2/c1-11(10(15)16)4-6-14(8-11)7-9-3-5-12-13(9)2/h3,5H,4,6-8H2,1-2H3,(H,15,16). The van der Waals surface area contributed by atoms with Crippen LogP contribution in [0.2, 0.25) is 0 Å².